The molecular weight excluding hydrogens is 268 g/mol. The van der Waals surface area contributed by atoms with E-state index in [0.717, 1.165) is 19.6 Å². The lowest BCUT2D eigenvalue weighted by Gasteiger charge is -2.17. The third-order valence-electron chi connectivity index (χ3n) is 2.44. The molecule has 0 aliphatic rings. The lowest BCUT2D eigenvalue weighted by Crippen LogP contribution is -2.28. The van der Waals surface area contributed by atoms with Crippen LogP contribution in [0.3, 0.4) is 0 Å². The highest BCUT2D eigenvalue weighted by Crippen LogP contribution is 2.14. The van der Waals surface area contributed by atoms with Crippen LogP contribution in [0.25, 0.3) is 0 Å². The van der Waals surface area contributed by atoms with Gasteiger partial charge >= 0.3 is 12.0 Å². The molecule has 0 aliphatic heterocycles. The molecule has 0 fully saturated rings. The van der Waals surface area contributed by atoms with Crippen LogP contribution in [0.15, 0.2) is 0 Å². The first kappa shape index (κ1) is 15.9. The zero-order valence-electron chi connectivity index (χ0n) is 11.9. The van der Waals surface area contributed by atoms with E-state index >= 15 is 0 Å². The van der Waals surface area contributed by atoms with Gasteiger partial charge in [-0.25, -0.2) is 0 Å². The topological polar surface area (TPSA) is 60.4 Å². The van der Waals surface area contributed by atoms with Crippen molar-refractivity contribution in [1.82, 2.24) is 19.9 Å². The maximum Gasteiger partial charge on any atom is 0.324 e. The molecule has 0 atom stereocenters. The Balaban J connectivity index is 2.55. The highest BCUT2D eigenvalue weighted by atomic mass is 35.5. The van der Waals surface area contributed by atoms with Crippen LogP contribution >= 0.6 is 11.6 Å². The summed E-state index contributed by atoms with van der Waals surface area (Å²) in [6.45, 7) is 11.3. The molecule has 1 aromatic rings. The van der Waals surface area contributed by atoms with E-state index in [0.29, 0.717) is 6.61 Å². The third-order valence-corrected chi connectivity index (χ3v) is 2.61. The van der Waals surface area contributed by atoms with Gasteiger partial charge in [-0.2, -0.15) is 9.97 Å². The van der Waals surface area contributed by atoms with E-state index in [1.54, 1.807) is 0 Å². The lowest BCUT2D eigenvalue weighted by molar-refractivity contribution is 0.197. The normalized spacial score (nSPS) is 11.1. The Hall–Kier alpha value is -1.14. The van der Waals surface area contributed by atoms with E-state index in [1.165, 1.54) is 0 Å². The van der Waals surface area contributed by atoms with E-state index in [9.17, 15) is 0 Å². The molecule has 0 bridgehead atoms. The molecule has 1 aromatic heterocycles. The van der Waals surface area contributed by atoms with Crippen LogP contribution in [0.1, 0.15) is 27.7 Å². The SMILES string of the molecule is CCN(CC)CCOc1nc(Cl)nc(OC(C)C)n1. The fourth-order valence-electron chi connectivity index (χ4n) is 1.45. The van der Waals surface area contributed by atoms with Crippen LogP contribution < -0.4 is 9.47 Å². The van der Waals surface area contributed by atoms with Gasteiger partial charge in [0.05, 0.1) is 6.10 Å². The number of hydrogen-bond donors (Lipinski definition) is 0. The molecule has 7 heteroatoms. The maximum absolute atomic E-state index is 5.80. The molecule has 0 saturated heterocycles. The van der Waals surface area contributed by atoms with Gasteiger partial charge in [-0.1, -0.05) is 13.8 Å². The first-order valence-electron chi connectivity index (χ1n) is 6.48. The molecule has 0 saturated carbocycles. The Bertz CT molecular complexity index is 386. The summed E-state index contributed by atoms with van der Waals surface area (Å²) in [5, 5.41) is 0.0727. The monoisotopic (exact) mass is 288 g/mol. The summed E-state index contributed by atoms with van der Waals surface area (Å²) in [4.78, 5) is 14.1. The smallest absolute Gasteiger partial charge is 0.324 e. The summed E-state index contributed by atoms with van der Waals surface area (Å²) in [5.74, 6) is 0. The largest absolute Gasteiger partial charge is 0.462 e. The molecular formula is C12H21ClN4O2. The second-order valence-electron chi connectivity index (χ2n) is 4.21. The highest BCUT2D eigenvalue weighted by Gasteiger charge is 2.09. The summed E-state index contributed by atoms with van der Waals surface area (Å²) < 4.78 is 10.8. The number of hydrogen-bond acceptors (Lipinski definition) is 6. The number of nitrogens with zero attached hydrogens (tertiary/aromatic N) is 4. The van der Waals surface area contributed by atoms with E-state index < -0.39 is 0 Å². The molecule has 0 radical (unpaired) electrons. The molecule has 0 aromatic carbocycles. The van der Waals surface area contributed by atoms with E-state index in [1.807, 2.05) is 13.8 Å². The van der Waals surface area contributed by atoms with E-state index in [4.69, 9.17) is 21.1 Å². The number of aromatic nitrogens is 3. The molecule has 1 heterocycles. The summed E-state index contributed by atoms with van der Waals surface area (Å²) in [6.07, 6.45) is -0.0259. The Labute approximate surface area is 119 Å². The van der Waals surface area contributed by atoms with Crippen LogP contribution in [0.5, 0.6) is 12.0 Å². The fourth-order valence-corrected chi connectivity index (χ4v) is 1.59. The Morgan fingerprint density at radius 3 is 2.32 bits per heavy atom. The van der Waals surface area contributed by atoms with Crippen LogP contribution in [0.4, 0.5) is 0 Å². The molecule has 1 rings (SSSR count). The second kappa shape index (κ2) is 8.12. The Morgan fingerprint density at radius 2 is 1.74 bits per heavy atom. The van der Waals surface area contributed by atoms with Gasteiger partial charge in [0.1, 0.15) is 6.61 Å². The van der Waals surface area contributed by atoms with Crippen LogP contribution in [-0.2, 0) is 0 Å². The first-order chi connectivity index (χ1) is 9.05. The minimum absolute atomic E-state index is 0.0259. The molecule has 0 aliphatic carbocycles. The molecule has 6 nitrogen and oxygen atoms in total. The fraction of sp³-hybridized carbons (Fsp3) is 0.750. The maximum atomic E-state index is 5.80. The van der Waals surface area contributed by atoms with Crippen molar-refractivity contribution < 1.29 is 9.47 Å². The Morgan fingerprint density at radius 1 is 1.11 bits per heavy atom. The number of rotatable bonds is 8. The van der Waals surface area contributed by atoms with E-state index in [2.05, 4.69) is 33.7 Å². The summed E-state index contributed by atoms with van der Waals surface area (Å²) >= 11 is 5.80. The predicted molar refractivity (Wildman–Crippen MR) is 73.9 cm³/mol. The quantitative estimate of drug-likeness (QED) is 0.729. The number of likely N-dealkylation sites (N-methyl/N-ethyl adjacent to an activating group) is 1. The second-order valence-corrected chi connectivity index (χ2v) is 4.55. The van der Waals surface area contributed by atoms with Gasteiger partial charge < -0.3 is 14.4 Å². The first-order valence-corrected chi connectivity index (χ1v) is 6.86. The standard InChI is InChI=1S/C12H21ClN4O2/c1-5-17(6-2)7-8-18-11-14-10(13)15-12(16-11)19-9(3)4/h9H,5-8H2,1-4H3. The molecule has 0 N–H and O–H groups in total. The van der Waals surface area contributed by atoms with Gasteiger partial charge in [-0.15, -0.1) is 4.98 Å². The third kappa shape index (κ3) is 6.02. The van der Waals surface area contributed by atoms with Crippen LogP contribution in [-0.4, -0.2) is 52.2 Å². The van der Waals surface area contributed by atoms with Crippen molar-refractivity contribution in [2.45, 2.75) is 33.8 Å². The highest BCUT2D eigenvalue weighted by molar-refractivity contribution is 6.28. The van der Waals surface area contributed by atoms with Gasteiger partial charge in [-0.3, -0.25) is 0 Å². The minimum atomic E-state index is -0.0259. The van der Waals surface area contributed by atoms with Gasteiger partial charge in [0.2, 0.25) is 5.28 Å². The van der Waals surface area contributed by atoms with Crippen molar-refractivity contribution in [3.63, 3.8) is 0 Å². The average Bonchev–Trinajstić information content (AvgIpc) is 2.33. The molecule has 0 spiro atoms. The molecule has 108 valence electrons. The zero-order chi connectivity index (χ0) is 14.3. The molecule has 19 heavy (non-hydrogen) atoms. The van der Waals surface area contributed by atoms with Crippen molar-refractivity contribution in [1.29, 1.82) is 0 Å². The van der Waals surface area contributed by atoms with Gasteiger partial charge in [0.15, 0.2) is 0 Å². The zero-order valence-corrected chi connectivity index (χ0v) is 12.6. The van der Waals surface area contributed by atoms with Crippen LogP contribution in [0.2, 0.25) is 5.28 Å². The summed E-state index contributed by atoms with van der Waals surface area (Å²) in [6, 6.07) is 0.385. The van der Waals surface area contributed by atoms with Crippen molar-refractivity contribution in [2.24, 2.45) is 0 Å². The van der Waals surface area contributed by atoms with Crippen molar-refractivity contribution in [2.75, 3.05) is 26.2 Å². The lowest BCUT2D eigenvalue weighted by atomic mass is 10.5. The Kier molecular flexibility index (Phi) is 6.80. The van der Waals surface area contributed by atoms with Crippen LogP contribution in [0, 0.1) is 0 Å². The van der Waals surface area contributed by atoms with Gasteiger partial charge in [0, 0.05) is 6.54 Å². The van der Waals surface area contributed by atoms with Gasteiger partial charge in [-0.05, 0) is 38.5 Å². The van der Waals surface area contributed by atoms with Crippen molar-refractivity contribution in [3.8, 4) is 12.0 Å². The average molecular weight is 289 g/mol. The molecule has 0 amide bonds. The van der Waals surface area contributed by atoms with Gasteiger partial charge in [0.25, 0.3) is 0 Å². The minimum Gasteiger partial charge on any atom is -0.462 e. The van der Waals surface area contributed by atoms with Crippen molar-refractivity contribution in [3.05, 3.63) is 5.28 Å². The van der Waals surface area contributed by atoms with E-state index in [-0.39, 0.29) is 23.4 Å². The number of halogens is 1. The molecule has 0 unspecified atom stereocenters. The van der Waals surface area contributed by atoms with Crippen molar-refractivity contribution >= 4 is 11.6 Å². The number of ether oxygens (including phenoxy) is 2. The summed E-state index contributed by atoms with van der Waals surface area (Å²) in [5.41, 5.74) is 0. The summed E-state index contributed by atoms with van der Waals surface area (Å²) in [7, 11) is 0. The predicted octanol–water partition coefficient (Wildman–Crippen LogP) is 2.03.